The lowest BCUT2D eigenvalue weighted by Crippen LogP contribution is -2.52. The highest BCUT2D eigenvalue weighted by Gasteiger charge is 2.58. The second kappa shape index (κ2) is 5.57. The normalized spacial score (nSPS) is 43.9. The van der Waals surface area contributed by atoms with Crippen LogP contribution in [0.5, 0.6) is 0 Å². The van der Waals surface area contributed by atoms with Gasteiger partial charge in [0.05, 0.1) is 6.61 Å². The second-order valence-corrected chi connectivity index (χ2v) is 9.34. The minimum absolute atomic E-state index is 0.126. The van der Waals surface area contributed by atoms with Crippen LogP contribution in [0.1, 0.15) is 59.3 Å². The Bertz CT molecular complexity index is 515. The van der Waals surface area contributed by atoms with Crippen LogP contribution in [0.4, 0.5) is 0 Å². The van der Waals surface area contributed by atoms with Crippen LogP contribution in [-0.4, -0.2) is 30.6 Å². The number of carbonyl (C=O) groups is 1. The summed E-state index contributed by atoms with van der Waals surface area (Å²) in [5.41, 5.74) is -0.0787. The highest BCUT2D eigenvalue weighted by atomic mass is 16.7. The molecular weight excluding hydrogens is 304 g/mol. The zero-order valence-corrected chi connectivity index (χ0v) is 15.2. The average Bonchev–Trinajstić information content (AvgIpc) is 2.96. The SMILES string of the molecule is C=C(C)C(=O)OC(C)(C)C1COC(C23CC4CC(CC(C4)C2)C3)O1. The van der Waals surface area contributed by atoms with Crippen LogP contribution < -0.4 is 0 Å². The van der Waals surface area contributed by atoms with Crippen LogP contribution in [0.3, 0.4) is 0 Å². The molecule has 2 atom stereocenters. The van der Waals surface area contributed by atoms with Crippen LogP contribution in [-0.2, 0) is 19.0 Å². The number of hydrogen-bond acceptors (Lipinski definition) is 4. The molecule has 0 aromatic rings. The lowest BCUT2D eigenvalue weighted by Gasteiger charge is -2.58. The fourth-order valence-electron chi connectivity index (χ4n) is 5.95. The highest BCUT2D eigenvalue weighted by molar-refractivity contribution is 5.87. The summed E-state index contributed by atoms with van der Waals surface area (Å²) in [7, 11) is 0. The van der Waals surface area contributed by atoms with Crippen LogP contribution in [0.2, 0.25) is 0 Å². The topological polar surface area (TPSA) is 44.8 Å². The van der Waals surface area contributed by atoms with Crippen molar-refractivity contribution in [2.45, 2.75) is 77.3 Å². The van der Waals surface area contributed by atoms with Crippen molar-refractivity contribution in [1.82, 2.24) is 0 Å². The maximum atomic E-state index is 11.9. The second-order valence-electron chi connectivity index (χ2n) is 9.34. The van der Waals surface area contributed by atoms with Crippen molar-refractivity contribution in [3.63, 3.8) is 0 Å². The van der Waals surface area contributed by atoms with Crippen LogP contribution in [0.15, 0.2) is 12.2 Å². The van der Waals surface area contributed by atoms with E-state index in [1.165, 1.54) is 38.5 Å². The molecule has 5 fully saturated rings. The van der Waals surface area contributed by atoms with E-state index < -0.39 is 5.60 Å². The van der Waals surface area contributed by atoms with Crippen molar-refractivity contribution in [1.29, 1.82) is 0 Å². The molecule has 0 spiro atoms. The molecule has 1 saturated heterocycles. The summed E-state index contributed by atoms with van der Waals surface area (Å²) < 4.78 is 18.1. The summed E-state index contributed by atoms with van der Waals surface area (Å²) in [5.74, 6) is 2.26. The Kier molecular flexibility index (Phi) is 3.85. The number of ether oxygens (including phenoxy) is 3. The molecule has 2 unspecified atom stereocenters. The van der Waals surface area contributed by atoms with Gasteiger partial charge < -0.3 is 14.2 Å². The van der Waals surface area contributed by atoms with Crippen LogP contribution in [0, 0.1) is 23.2 Å². The van der Waals surface area contributed by atoms with Crippen molar-refractivity contribution >= 4 is 5.97 Å². The zero-order valence-electron chi connectivity index (χ0n) is 15.2. The smallest absolute Gasteiger partial charge is 0.333 e. The van der Waals surface area contributed by atoms with Crippen molar-refractivity contribution in [3.05, 3.63) is 12.2 Å². The molecular formula is C20H30O4. The van der Waals surface area contributed by atoms with Gasteiger partial charge in [0.1, 0.15) is 11.7 Å². The van der Waals surface area contributed by atoms with E-state index in [0.717, 1.165) is 17.8 Å². The molecule has 0 amide bonds. The van der Waals surface area contributed by atoms with Gasteiger partial charge in [-0.15, -0.1) is 0 Å². The standard InChI is InChI=1S/C20H30O4/c1-12(2)17(21)24-19(3,4)16-11-22-18(23-16)20-8-13-5-14(9-20)7-15(6-13)10-20/h13-16,18H,1,5-11H2,2-4H3. The third kappa shape index (κ3) is 2.72. The fourth-order valence-corrected chi connectivity index (χ4v) is 5.95. The Morgan fingerprint density at radius 3 is 2.17 bits per heavy atom. The van der Waals surface area contributed by atoms with Crippen molar-refractivity contribution in [2.24, 2.45) is 23.2 Å². The molecule has 1 heterocycles. The predicted molar refractivity (Wildman–Crippen MR) is 90.2 cm³/mol. The molecule has 0 N–H and O–H groups in total. The van der Waals surface area contributed by atoms with E-state index in [1.54, 1.807) is 6.92 Å². The summed E-state index contributed by atoms with van der Waals surface area (Å²) in [6.07, 6.45) is 7.66. The largest absolute Gasteiger partial charge is 0.453 e. The van der Waals surface area contributed by atoms with Gasteiger partial charge in [0.25, 0.3) is 0 Å². The van der Waals surface area contributed by atoms with Gasteiger partial charge in [-0.1, -0.05) is 6.58 Å². The summed E-state index contributed by atoms with van der Waals surface area (Å²) in [4.78, 5) is 11.9. The van der Waals surface area contributed by atoms with Crippen molar-refractivity contribution in [2.75, 3.05) is 6.61 Å². The summed E-state index contributed by atoms with van der Waals surface area (Å²) in [6.45, 7) is 9.65. The van der Waals surface area contributed by atoms with Gasteiger partial charge in [0.15, 0.2) is 6.29 Å². The Hall–Kier alpha value is -0.870. The molecule has 4 nitrogen and oxygen atoms in total. The third-order valence-electron chi connectivity index (χ3n) is 6.75. The van der Waals surface area contributed by atoms with Crippen LogP contribution >= 0.6 is 0 Å². The summed E-state index contributed by atoms with van der Waals surface area (Å²) in [6, 6.07) is 0. The van der Waals surface area contributed by atoms with Gasteiger partial charge in [-0.2, -0.15) is 0 Å². The fraction of sp³-hybridized carbons (Fsp3) is 0.850. The molecule has 5 rings (SSSR count). The minimum atomic E-state index is -0.701. The minimum Gasteiger partial charge on any atom is -0.453 e. The van der Waals surface area contributed by atoms with Gasteiger partial charge in [-0.25, -0.2) is 4.79 Å². The van der Waals surface area contributed by atoms with E-state index in [1.807, 2.05) is 13.8 Å². The van der Waals surface area contributed by atoms with Gasteiger partial charge in [0.2, 0.25) is 0 Å². The van der Waals surface area contributed by atoms with Crippen molar-refractivity contribution in [3.8, 4) is 0 Å². The first-order valence-corrected chi connectivity index (χ1v) is 9.43. The quantitative estimate of drug-likeness (QED) is 0.579. The first-order chi connectivity index (χ1) is 11.3. The molecule has 0 radical (unpaired) electrons. The van der Waals surface area contributed by atoms with Gasteiger partial charge in [0, 0.05) is 11.0 Å². The highest BCUT2D eigenvalue weighted by Crippen LogP contribution is 2.62. The molecule has 134 valence electrons. The molecule has 4 heteroatoms. The molecule has 24 heavy (non-hydrogen) atoms. The van der Waals surface area contributed by atoms with E-state index in [2.05, 4.69) is 6.58 Å². The van der Waals surface area contributed by atoms with E-state index in [-0.39, 0.29) is 23.8 Å². The number of esters is 1. The van der Waals surface area contributed by atoms with E-state index >= 15 is 0 Å². The number of rotatable bonds is 4. The maximum absolute atomic E-state index is 11.9. The molecule has 4 aliphatic carbocycles. The average molecular weight is 334 g/mol. The summed E-state index contributed by atoms with van der Waals surface area (Å²) >= 11 is 0. The Morgan fingerprint density at radius 2 is 1.67 bits per heavy atom. The van der Waals surface area contributed by atoms with Gasteiger partial charge >= 0.3 is 5.97 Å². The zero-order chi connectivity index (χ0) is 17.1. The van der Waals surface area contributed by atoms with Crippen molar-refractivity contribution < 1.29 is 19.0 Å². The number of carbonyl (C=O) groups excluding carboxylic acids is 1. The Balaban J connectivity index is 1.45. The number of hydrogen-bond donors (Lipinski definition) is 0. The third-order valence-corrected chi connectivity index (χ3v) is 6.75. The summed E-state index contributed by atoms with van der Waals surface area (Å²) in [5, 5.41) is 0. The maximum Gasteiger partial charge on any atom is 0.333 e. The molecule has 1 aliphatic heterocycles. The first-order valence-electron chi connectivity index (χ1n) is 9.43. The monoisotopic (exact) mass is 334 g/mol. The van der Waals surface area contributed by atoms with Crippen LogP contribution in [0.25, 0.3) is 0 Å². The molecule has 4 bridgehead atoms. The van der Waals surface area contributed by atoms with E-state index in [0.29, 0.717) is 12.2 Å². The van der Waals surface area contributed by atoms with E-state index in [9.17, 15) is 4.79 Å². The van der Waals surface area contributed by atoms with Gasteiger partial charge in [-0.05, 0) is 77.0 Å². The lowest BCUT2D eigenvalue weighted by molar-refractivity contribution is -0.219. The Labute approximate surface area is 144 Å². The molecule has 0 aromatic carbocycles. The molecule has 5 aliphatic rings. The molecule has 0 aromatic heterocycles. The first kappa shape index (κ1) is 16.6. The van der Waals surface area contributed by atoms with Gasteiger partial charge in [-0.3, -0.25) is 0 Å². The Morgan fingerprint density at radius 1 is 1.12 bits per heavy atom. The lowest BCUT2D eigenvalue weighted by atomic mass is 9.49. The van der Waals surface area contributed by atoms with E-state index in [4.69, 9.17) is 14.2 Å². The predicted octanol–water partition coefficient (Wildman–Crippen LogP) is 3.84. The molecule has 4 saturated carbocycles.